The molecule has 2 atom stereocenters. The number of hydrogen-bond donors (Lipinski definition) is 3. The second-order valence-electron chi connectivity index (χ2n) is 10.1. The first-order chi connectivity index (χ1) is 15.9. The summed E-state index contributed by atoms with van der Waals surface area (Å²) in [7, 11) is -3.86. The maximum atomic E-state index is 13.4. The number of carbonyl (C=O) groups is 2. The lowest BCUT2D eigenvalue weighted by atomic mass is 9.80. The highest BCUT2D eigenvalue weighted by Gasteiger charge is 2.44. The molecule has 3 N–H and O–H groups in total. The lowest BCUT2D eigenvalue weighted by Crippen LogP contribution is -2.63. The molecule has 1 aromatic heterocycles. The third-order valence-electron chi connectivity index (χ3n) is 6.22. The summed E-state index contributed by atoms with van der Waals surface area (Å²) in [4.78, 5) is 29.8. The average molecular weight is 497 g/mol. The number of aliphatic hydroxyl groups excluding tert-OH is 1. The minimum atomic E-state index is -3.86. The van der Waals surface area contributed by atoms with Gasteiger partial charge in [-0.25, -0.2) is 18.2 Å². The number of aromatic nitrogens is 1. The van der Waals surface area contributed by atoms with Gasteiger partial charge in [0.15, 0.2) is 5.03 Å². The summed E-state index contributed by atoms with van der Waals surface area (Å²) in [5, 5.41) is 16.5. The van der Waals surface area contributed by atoms with Gasteiger partial charge in [-0.3, -0.25) is 4.79 Å². The maximum Gasteiger partial charge on any atom is 0.408 e. The molecular weight excluding hydrogens is 460 g/mol. The molecule has 190 valence electrons. The topological polar surface area (TPSA) is 138 Å². The molecule has 2 fully saturated rings. The molecular formula is C23H36N4O6S. The van der Waals surface area contributed by atoms with E-state index in [-0.39, 0.29) is 24.0 Å². The summed E-state index contributed by atoms with van der Waals surface area (Å²) in [6, 6.07) is 4.00. The third-order valence-corrected chi connectivity index (χ3v) is 8.00. The maximum absolute atomic E-state index is 13.4. The van der Waals surface area contributed by atoms with Crippen molar-refractivity contribution in [1.29, 1.82) is 0 Å². The number of pyridine rings is 1. The molecule has 2 aliphatic rings. The first-order valence-electron chi connectivity index (χ1n) is 11.8. The standard InChI is InChI=1S/C23H36N4O6S/c1-22(2,3)33-21(30)26-23(12-6-4-7-13-23)20(29)25-17-10-9-15-27(16-18(17)28)34(31,32)19-11-5-8-14-24-19/h5,8,11,14,17-18,28H,4,6-7,9-10,12-13,15-16H2,1-3H3,(H,25,29)(H,26,30). The van der Waals surface area contributed by atoms with Crippen molar-refractivity contribution in [2.75, 3.05) is 13.1 Å². The van der Waals surface area contributed by atoms with Crippen LogP contribution in [-0.2, 0) is 19.6 Å². The van der Waals surface area contributed by atoms with Gasteiger partial charge in [-0.2, -0.15) is 4.31 Å². The number of hydrogen-bond acceptors (Lipinski definition) is 7. The van der Waals surface area contributed by atoms with Gasteiger partial charge in [-0.05, 0) is 58.6 Å². The highest BCUT2D eigenvalue weighted by atomic mass is 32.2. The fourth-order valence-corrected chi connectivity index (χ4v) is 5.92. The minimum Gasteiger partial charge on any atom is -0.444 e. The van der Waals surface area contributed by atoms with Crippen LogP contribution in [-0.4, -0.2) is 71.2 Å². The van der Waals surface area contributed by atoms with Crippen molar-refractivity contribution in [3.05, 3.63) is 24.4 Å². The van der Waals surface area contributed by atoms with Crippen LogP contribution in [0.25, 0.3) is 0 Å². The van der Waals surface area contributed by atoms with E-state index in [0.29, 0.717) is 25.7 Å². The molecule has 2 heterocycles. The van der Waals surface area contributed by atoms with E-state index in [1.165, 1.54) is 16.6 Å². The van der Waals surface area contributed by atoms with E-state index in [2.05, 4.69) is 15.6 Å². The Labute approximate surface area is 201 Å². The SMILES string of the molecule is CC(C)(C)OC(=O)NC1(C(=O)NC2CCCN(S(=O)(=O)c3ccccn3)CC2O)CCCCC1. The third kappa shape index (κ3) is 6.45. The number of nitrogens with zero attached hydrogens (tertiary/aromatic N) is 2. The van der Waals surface area contributed by atoms with Crippen LogP contribution in [0.15, 0.2) is 29.4 Å². The molecule has 0 bridgehead atoms. The van der Waals surface area contributed by atoms with E-state index < -0.39 is 39.4 Å². The summed E-state index contributed by atoms with van der Waals surface area (Å²) in [5.41, 5.74) is -1.82. The van der Waals surface area contributed by atoms with Gasteiger partial charge < -0.3 is 20.5 Å². The number of β-amino-alcohol motifs (C(OH)–C–C–N with tert-alkyl or cyclic N) is 1. The van der Waals surface area contributed by atoms with Crippen molar-refractivity contribution in [1.82, 2.24) is 19.9 Å². The molecule has 1 aliphatic heterocycles. The Kier molecular flexibility index (Phi) is 8.20. The van der Waals surface area contributed by atoms with Crippen LogP contribution < -0.4 is 10.6 Å². The molecule has 1 saturated carbocycles. The summed E-state index contributed by atoms with van der Waals surface area (Å²) in [5.74, 6) is -0.372. The largest absolute Gasteiger partial charge is 0.444 e. The second kappa shape index (κ2) is 10.6. The Hall–Kier alpha value is -2.24. The van der Waals surface area contributed by atoms with E-state index in [4.69, 9.17) is 4.74 Å². The predicted molar refractivity (Wildman–Crippen MR) is 125 cm³/mol. The molecule has 0 spiro atoms. The van der Waals surface area contributed by atoms with E-state index in [1.807, 2.05) is 0 Å². The van der Waals surface area contributed by atoms with E-state index in [9.17, 15) is 23.1 Å². The zero-order chi connectivity index (χ0) is 25.0. The van der Waals surface area contributed by atoms with Crippen molar-refractivity contribution in [2.24, 2.45) is 0 Å². The number of rotatable bonds is 5. The Balaban J connectivity index is 1.71. The van der Waals surface area contributed by atoms with E-state index in [0.717, 1.165) is 19.3 Å². The molecule has 1 aliphatic carbocycles. The molecule has 34 heavy (non-hydrogen) atoms. The summed E-state index contributed by atoms with van der Waals surface area (Å²) in [6.07, 6.45) is 4.00. The van der Waals surface area contributed by atoms with Crippen molar-refractivity contribution in [2.45, 2.75) is 94.0 Å². The Morgan fingerprint density at radius 3 is 2.50 bits per heavy atom. The number of amides is 2. The smallest absolute Gasteiger partial charge is 0.408 e. The molecule has 0 aromatic carbocycles. The molecule has 10 nitrogen and oxygen atoms in total. The van der Waals surface area contributed by atoms with Crippen LogP contribution >= 0.6 is 0 Å². The average Bonchev–Trinajstić information content (AvgIpc) is 2.95. The number of sulfonamides is 1. The molecule has 11 heteroatoms. The van der Waals surface area contributed by atoms with Gasteiger partial charge in [0.1, 0.15) is 11.1 Å². The predicted octanol–water partition coefficient (Wildman–Crippen LogP) is 1.94. The molecule has 3 rings (SSSR count). The fourth-order valence-electron chi connectivity index (χ4n) is 4.50. The van der Waals surface area contributed by atoms with Crippen LogP contribution in [0.2, 0.25) is 0 Å². The highest BCUT2D eigenvalue weighted by molar-refractivity contribution is 7.89. The molecule has 1 aromatic rings. The number of ether oxygens (including phenoxy) is 1. The summed E-state index contributed by atoms with van der Waals surface area (Å²) < 4.78 is 32.5. The summed E-state index contributed by atoms with van der Waals surface area (Å²) >= 11 is 0. The van der Waals surface area contributed by atoms with Gasteiger partial charge in [-0.1, -0.05) is 25.3 Å². The van der Waals surface area contributed by atoms with Crippen LogP contribution in [0, 0.1) is 0 Å². The molecule has 0 radical (unpaired) electrons. The Morgan fingerprint density at radius 1 is 1.18 bits per heavy atom. The van der Waals surface area contributed by atoms with E-state index in [1.54, 1.807) is 32.9 Å². The van der Waals surface area contributed by atoms with Gasteiger partial charge >= 0.3 is 6.09 Å². The van der Waals surface area contributed by atoms with Gasteiger partial charge in [0.05, 0.1) is 12.1 Å². The first-order valence-corrected chi connectivity index (χ1v) is 13.3. The van der Waals surface area contributed by atoms with Crippen LogP contribution in [0.1, 0.15) is 65.7 Å². The quantitative estimate of drug-likeness (QED) is 0.566. The Bertz CT molecular complexity index is 957. The first kappa shape index (κ1) is 26.4. The number of aliphatic hydroxyl groups is 1. The molecule has 2 unspecified atom stereocenters. The van der Waals surface area contributed by atoms with Gasteiger partial charge in [0.2, 0.25) is 5.91 Å². The van der Waals surface area contributed by atoms with Crippen LogP contribution in [0.4, 0.5) is 4.79 Å². The van der Waals surface area contributed by atoms with Crippen molar-refractivity contribution in [3.8, 4) is 0 Å². The number of nitrogens with one attached hydrogen (secondary N) is 2. The fraction of sp³-hybridized carbons (Fsp3) is 0.696. The number of carbonyl (C=O) groups excluding carboxylic acids is 2. The highest BCUT2D eigenvalue weighted by Crippen LogP contribution is 2.30. The van der Waals surface area contributed by atoms with Gasteiger partial charge in [0.25, 0.3) is 10.0 Å². The van der Waals surface area contributed by atoms with Crippen LogP contribution in [0.3, 0.4) is 0 Å². The van der Waals surface area contributed by atoms with Gasteiger partial charge in [-0.15, -0.1) is 0 Å². The minimum absolute atomic E-state index is 0.0765. The lowest BCUT2D eigenvalue weighted by molar-refractivity contribution is -0.130. The number of alkyl carbamates (subject to hydrolysis) is 1. The van der Waals surface area contributed by atoms with Gasteiger partial charge in [0, 0.05) is 19.3 Å². The summed E-state index contributed by atoms with van der Waals surface area (Å²) in [6.45, 7) is 5.33. The van der Waals surface area contributed by atoms with Crippen LogP contribution in [0.5, 0.6) is 0 Å². The van der Waals surface area contributed by atoms with Crippen molar-refractivity contribution in [3.63, 3.8) is 0 Å². The van der Waals surface area contributed by atoms with Crippen molar-refractivity contribution >= 4 is 22.0 Å². The molecule has 2 amide bonds. The lowest BCUT2D eigenvalue weighted by Gasteiger charge is -2.38. The zero-order valence-corrected chi connectivity index (χ0v) is 20.9. The molecule has 1 saturated heterocycles. The zero-order valence-electron chi connectivity index (χ0n) is 20.1. The second-order valence-corrected chi connectivity index (χ2v) is 12.0. The normalized spacial score (nSPS) is 24.0. The van der Waals surface area contributed by atoms with Crippen molar-refractivity contribution < 1.29 is 27.9 Å². The van der Waals surface area contributed by atoms with E-state index >= 15 is 0 Å². The monoisotopic (exact) mass is 496 g/mol. The Morgan fingerprint density at radius 2 is 1.88 bits per heavy atom.